The maximum atomic E-state index is 11.4. The van der Waals surface area contributed by atoms with Crippen molar-refractivity contribution in [3.63, 3.8) is 0 Å². The molecule has 1 aromatic heterocycles. The number of rotatable bonds is 2. The molecule has 0 radical (unpaired) electrons. The third kappa shape index (κ3) is 2.59. The number of aromatic nitrogens is 2. The van der Waals surface area contributed by atoms with E-state index >= 15 is 0 Å². The van der Waals surface area contributed by atoms with Gasteiger partial charge in [-0.05, 0) is 35.7 Å². The highest BCUT2D eigenvalue weighted by Gasteiger charge is 2.17. The van der Waals surface area contributed by atoms with Crippen molar-refractivity contribution < 1.29 is 0 Å². The number of benzene rings is 2. The van der Waals surface area contributed by atoms with Gasteiger partial charge < -0.3 is 15.7 Å². The molecule has 0 saturated carbocycles. The molecule has 0 amide bonds. The molecule has 0 fully saturated rings. The number of nitrogens with one attached hydrogen (secondary N) is 2. The van der Waals surface area contributed by atoms with Gasteiger partial charge in [0.05, 0.1) is 17.1 Å². The van der Waals surface area contributed by atoms with E-state index in [-0.39, 0.29) is 11.7 Å². The Morgan fingerprint density at radius 2 is 1.76 bits per heavy atom. The normalized spacial score (nSPS) is 12.8. The molecule has 0 aliphatic heterocycles. The first kappa shape index (κ1) is 14.6. The molecular formula is C15H13Br2N3O. The van der Waals surface area contributed by atoms with E-state index in [1.54, 1.807) is 0 Å². The van der Waals surface area contributed by atoms with Crippen LogP contribution in [0.15, 0.2) is 44.1 Å². The third-order valence-corrected chi connectivity index (χ3v) is 5.30. The van der Waals surface area contributed by atoms with E-state index in [4.69, 9.17) is 5.73 Å². The Morgan fingerprint density at radius 3 is 2.48 bits per heavy atom. The highest BCUT2D eigenvalue weighted by Crippen LogP contribution is 2.34. The lowest BCUT2D eigenvalue weighted by atomic mass is 9.98. The molecule has 0 aliphatic carbocycles. The molecule has 0 aliphatic rings. The van der Waals surface area contributed by atoms with Crippen LogP contribution in [-0.4, -0.2) is 9.97 Å². The number of aromatic amines is 2. The van der Waals surface area contributed by atoms with Crippen LogP contribution in [0.1, 0.15) is 22.7 Å². The van der Waals surface area contributed by atoms with Gasteiger partial charge in [-0.25, -0.2) is 4.79 Å². The fourth-order valence-electron chi connectivity index (χ4n) is 2.39. The van der Waals surface area contributed by atoms with Gasteiger partial charge >= 0.3 is 5.69 Å². The topological polar surface area (TPSA) is 74.7 Å². The summed E-state index contributed by atoms with van der Waals surface area (Å²) < 4.78 is 1.87. The highest BCUT2D eigenvalue weighted by atomic mass is 79.9. The van der Waals surface area contributed by atoms with Crippen molar-refractivity contribution in [3.05, 3.63) is 66.5 Å². The third-order valence-electron chi connectivity index (χ3n) is 3.53. The molecule has 1 unspecified atom stereocenters. The van der Waals surface area contributed by atoms with E-state index in [0.29, 0.717) is 0 Å². The van der Waals surface area contributed by atoms with Crippen molar-refractivity contribution >= 4 is 42.9 Å². The van der Waals surface area contributed by atoms with Gasteiger partial charge in [0.2, 0.25) is 0 Å². The number of fused-ring (bicyclic) bond motifs is 1. The van der Waals surface area contributed by atoms with Crippen molar-refractivity contribution in [1.82, 2.24) is 9.97 Å². The minimum atomic E-state index is -0.295. The average molecular weight is 411 g/mol. The van der Waals surface area contributed by atoms with Gasteiger partial charge in [0.15, 0.2) is 0 Å². The van der Waals surface area contributed by atoms with E-state index < -0.39 is 0 Å². The molecule has 0 spiro atoms. The summed E-state index contributed by atoms with van der Waals surface area (Å²) in [7, 11) is 0. The van der Waals surface area contributed by atoms with Crippen molar-refractivity contribution in [2.24, 2.45) is 5.73 Å². The number of H-pyrrole nitrogens is 2. The summed E-state index contributed by atoms with van der Waals surface area (Å²) >= 11 is 7.13. The molecule has 4 N–H and O–H groups in total. The summed E-state index contributed by atoms with van der Waals surface area (Å²) in [5.41, 5.74) is 10.8. The van der Waals surface area contributed by atoms with E-state index in [1.165, 1.54) is 0 Å². The van der Waals surface area contributed by atoms with Gasteiger partial charge in [-0.1, -0.05) is 50.1 Å². The second kappa shape index (κ2) is 5.44. The summed E-state index contributed by atoms with van der Waals surface area (Å²) in [6.45, 7) is 2.03. The summed E-state index contributed by atoms with van der Waals surface area (Å²) in [6.07, 6.45) is 0. The molecule has 6 heteroatoms. The Hall–Kier alpha value is -1.37. The van der Waals surface area contributed by atoms with Gasteiger partial charge in [0, 0.05) is 8.95 Å². The minimum Gasteiger partial charge on any atom is -0.320 e. The SMILES string of the molecule is Cc1cccc(C(N)c2cc3[nH]c(=O)[nH]c3cc2Br)c1Br. The number of aryl methyl sites for hydroxylation is 1. The van der Waals surface area contributed by atoms with E-state index in [9.17, 15) is 4.79 Å². The van der Waals surface area contributed by atoms with Crippen LogP contribution < -0.4 is 11.4 Å². The first-order valence-corrected chi connectivity index (χ1v) is 7.98. The Labute approximate surface area is 138 Å². The van der Waals surface area contributed by atoms with Crippen LogP contribution in [0.3, 0.4) is 0 Å². The van der Waals surface area contributed by atoms with Crippen molar-refractivity contribution in [2.75, 3.05) is 0 Å². The van der Waals surface area contributed by atoms with Crippen LogP contribution in [0.2, 0.25) is 0 Å². The highest BCUT2D eigenvalue weighted by molar-refractivity contribution is 9.10. The largest absolute Gasteiger partial charge is 0.323 e. The zero-order valence-corrected chi connectivity index (χ0v) is 14.4. The molecule has 3 aromatic rings. The first-order valence-electron chi connectivity index (χ1n) is 6.39. The predicted molar refractivity (Wildman–Crippen MR) is 91.5 cm³/mol. The standard InChI is InChI=1S/C15H13Br2N3O/c1-7-3-2-4-8(13(7)17)14(18)9-5-11-12(6-10(9)16)20-15(21)19-11/h2-6,14H,18H2,1H3,(H2,19,20,21). The van der Waals surface area contributed by atoms with Gasteiger partial charge in [0.25, 0.3) is 0 Å². The van der Waals surface area contributed by atoms with Crippen molar-refractivity contribution in [1.29, 1.82) is 0 Å². The minimum absolute atomic E-state index is 0.223. The summed E-state index contributed by atoms with van der Waals surface area (Å²) in [5, 5.41) is 0. The Bertz CT molecular complexity index is 882. The summed E-state index contributed by atoms with van der Waals surface area (Å²) in [4.78, 5) is 16.9. The maximum Gasteiger partial charge on any atom is 0.323 e. The molecule has 0 bridgehead atoms. The first-order chi connectivity index (χ1) is 9.97. The molecule has 1 atom stereocenters. The smallest absolute Gasteiger partial charge is 0.320 e. The van der Waals surface area contributed by atoms with Gasteiger partial charge in [-0.3, -0.25) is 0 Å². The molecule has 108 valence electrons. The van der Waals surface area contributed by atoms with Crippen LogP contribution in [0, 0.1) is 6.92 Å². The lowest BCUT2D eigenvalue weighted by Crippen LogP contribution is -2.13. The Morgan fingerprint density at radius 1 is 1.10 bits per heavy atom. The van der Waals surface area contributed by atoms with Crippen molar-refractivity contribution in [3.8, 4) is 0 Å². The Balaban J connectivity index is 2.16. The summed E-state index contributed by atoms with van der Waals surface area (Å²) in [6, 6.07) is 9.49. The van der Waals surface area contributed by atoms with E-state index in [1.807, 2.05) is 37.3 Å². The lowest BCUT2D eigenvalue weighted by molar-refractivity contribution is 0.860. The van der Waals surface area contributed by atoms with Crippen molar-refractivity contribution in [2.45, 2.75) is 13.0 Å². The average Bonchev–Trinajstić information content (AvgIpc) is 2.79. The molecule has 1 heterocycles. The molecule has 21 heavy (non-hydrogen) atoms. The van der Waals surface area contributed by atoms with Crippen LogP contribution in [0.5, 0.6) is 0 Å². The van der Waals surface area contributed by atoms with Gasteiger partial charge in [0.1, 0.15) is 0 Å². The van der Waals surface area contributed by atoms with E-state index in [2.05, 4.69) is 41.8 Å². The Kier molecular flexibility index (Phi) is 3.77. The fraction of sp³-hybridized carbons (Fsp3) is 0.133. The number of halogens is 2. The predicted octanol–water partition coefficient (Wildman–Crippen LogP) is 3.74. The quantitative estimate of drug-likeness (QED) is 0.601. The zero-order valence-electron chi connectivity index (χ0n) is 11.2. The van der Waals surface area contributed by atoms with E-state index in [0.717, 1.165) is 36.7 Å². The van der Waals surface area contributed by atoms with Crippen LogP contribution >= 0.6 is 31.9 Å². The molecular weight excluding hydrogens is 398 g/mol. The number of hydrogen-bond acceptors (Lipinski definition) is 2. The van der Waals surface area contributed by atoms with Crippen LogP contribution in [0.25, 0.3) is 11.0 Å². The second-order valence-electron chi connectivity index (χ2n) is 4.95. The van der Waals surface area contributed by atoms with Crippen LogP contribution in [0.4, 0.5) is 0 Å². The number of imidazole rings is 1. The molecule has 4 nitrogen and oxygen atoms in total. The lowest BCUT2D eigenvalue weighted by Gasteiger charge is -2.17. The van der Waals surface area contributed by atoms with Crippen LogP contribution in [-0.2, 0) is 0 Å². The second-order valence-corrected chi connectivity index (χ2v) is 6.60. The number of nitrogens with two attached hydrogens (primary N) is 1. The summed E-state index contributed by atoms with van der Waals surface area (Å²) in [5.74, 6) is 0. The maximum absolute atomic E-state index is 11.4. The monoisotopic (exact) mass is 409 g/mol. The number of hydrogen-bond donors (Lipinski definition) is 3. The molecule has 2 aromatic carbocycles. The van der Waals surface area contributed by atoms with Gasteiger partial charge in [-0.15, -0.1) is 0 Å². The fourth-order valence-corrected chi connectivity index (χ4v) is 3.49. The molecule has 0 saturated heterocycles. The zero-order chi connectivity index (χ0) is 15.1. The molecule has 3 rings (SSSR count). The van der Waals surface area contributed by atoms with Gasteiger partial charge in [-0.2, -0.15) is 0 Å².